The van der Waals surface area contributed by atoms with E-state index in [1.807, 2.05) is 24.0 Å². The van der Waals surface area contributed by atoms with Crippen LogP contribution in [0.2, 0.25) is 0 Å². The van der Waals surface area contributed by atoms with Crippen LogP contribution in [0.25, 0.3) is 10.8 Å². The highest BCUT2D eigenvalue weighted by Gasteiger charge is 2.17. The zero-order chi connectivity index (χ0) is 18.4. The lowest BCUT2D eigenvalue weighted by Crippen LogP contribution is -2.37. The third-order valence-electron chi connectivity index (χ3n) is 3.96. The third kappa shape index (κ3) is 4.39. The number of benzene rings is 2. The number of hydrogen-bond acceptors (Lipinski definition) is 4. The Kier molecular flexibility index (Phi) is 6.58. The van der Waals surface area contributed by atoms with E-state index in [0.29, 0.717) is 11.8 Å². The summed E-state index contributed by atoms with van der Waals surface area (Å²) in [6.45, 7) is 9.59. The summed E-state index contributed by atoms with van der Waals surface area (Å²) in [7, 11) is 0. The lowest BCUT2D eigenvalue weighted by molar-refractivity contribution is -0.107. The van der Waals surface area contributed by atoms with Crippen molar-refractivity contribution in [3.8, 4) is 0 Å². The summed E-state index contributed by atoms with van der Waals surface area (Å²) >= 11 is 1.49. The van der Waals surface area contributed by atoms with Crippen LogP contribution < -0.4 is 10.6 Å². The minimum Gasteiger partial charge on any atom is -0.368 e. The number of hydrogen-bond donors (Lipinski definition) is 1. The number of fused-ring (bicyclic) bond motifs is 1. The highest BCUT2D eigenvalue weighted by Crippen LogP contribution is 2.33. The van der Waals surface area contributed by atoms with Gasteiger partial charge in [-0.05, 0) is 29.9 Å². The highest BCUT2D eigenvalue weighted by molar-refractivity contribution is 8.00. The lowest BCUT2D eigenvalue weighted by Gasteiger charge is -2.26. The van der Waals surface area contributed by atoms with Crippen LogP contribution in [0.3, 0.4) is 0 Å². The Hall–Kier alpha value is -2.34. The van der Waals surface area contributed by atoms with Crippen molar-refractivity contribution in [1.82, 2.24) is 0 Å². The van der Waals surface area contributed by atoms with Crippen LogP contribution in [0.5, 0.6) is 0 Å². The molecule has 0 fully saturated rings. The summed E-state index contributed by atoms with van der Waals surface area (Å²) in [5, 5.41) is 9.60. The van der Waals surface area contributed by atoms with Crippen molar-refractivity contribution >= 4 is 47.2 Å². The predicted molar refractivity (Wildman–Crippen MR) is 110 cm³/mol. The summed E-state index contributed by atoms with van der Waals surface area (Å²) in [4.78, 5) is 12.8. The first-order chi connectivity index (χ1) is 12.0. The van der Waals surface area contributed by atoms with Gasteiger partial charge in [-0.2, -0.15) is 5.10 Å². The molecule has 2 rings (SSSR count). The molecule has 132 valence electrons. The molecule has 0 radical (unpaired) electrons. The molecule has 25 heavy (non-hydrogen) atoms. The van der Waals surface area contributed by atoms with Crippen LogP contribution in [0.4, 0.5) is 5.69 Å². The minimum atomic E-state index is -0.131. The summed E-state index contributed by atoms with van der Waals surface area (Å²) < 4.78 is 0. The monoisotopic (exact) mass is 356 g/mol. The number of nitrogens with two attached hydrogens (primary N) is 1. The van der Waals surface area contributed by atoms with Crippen LogP contribution in [-0.2, 0) is 4.79 Å². The molecule has 0 spiro atoms. The Morgan fingerprint density at radius 1 is 1.24 bits per heavy atom. The van der Waals surface area contributed by atoms with E-state index in [1.54, 1.807) is 0 Å². The van der Waals surface area contributed by atoms with E-state index in [-0.39, 0.29) is 11.2 Å². The summed E-state index contributed by atoms with van der Waals surface area (Å²) in [5.74, 6) is 1.16. The van der Waals surface area contributed by atoms with Crippen molar-refractivity contribution < 1.29 is 4.79 Å². The van der Waals surface area contributed by atoms with Gasteiger partial charge in [-0.15, -0.1) is 16.9 Å². The Labute approximate surface area is 153 Å². The Bertz CT molecular complexity index is 788. The fourth-order valence-electron chi connectivity index (χ4n) is 2.66. The van der Waals surface area contributed by atoms with Crippen molar-refractivity contribution in [3.63, 3.8) is 0 Å². The number of aldehydes is 1. The molecule has 0 saturated carbocycles. The number of carbonyl (C=O) groups excluding carboxylic acids is 1. The van der Waals surface area contributed by atoms with Crippen molar-refractivity contribution in [2.24, 2.45) is 15.9 Å². The quantitative estimate of drug-likeness (QED) is 0.268. The molecule has 0 aliphatic heterocycles. The molecule has 0 bridgehead atoms. The van der Waals surface area contributed by atoms with Crippen LogP contribution in [0, 0.1) is 0 Å². The normalized spacial score (nSPS) is 13.0. The maximum absolute atomic E-state index is 11.0. The molecule has 5 nitrogen and oxygen atoms in total. The van der Waals surface area contributed by atoms with Gasteiger partial charge in [-0.1, -0.05) is 44.2 Å². The molecule has 0 saturated heterocycles. The van der Waals surface area contributed by atoms with Crippen molar-refractivity contribution in [1.29, 1.82) is 0 Å². The molecular formula is C19H24N4OS. The molecule has 0 aliphatic carbocycles. The van der Waals surface area contributed by atoms with Gasteiger partial charge in [0.1, 0.15) is 6.29 Å². The molecule has 6 heteroatoms. The average molecular weight is 356 g/mol. The van der Waals surface area contributed by atoms with Gasteiger partial charge in [-0.25, -0.2) is 0 Å². The smallest absolute Gasteiger partial charge is 0.221 e. The fraction of sp³-hybridized carbons (Fsp3) is 0.316. The van der Waals surface area contributed by atoms with Gasteiger partial charge in [0.05, 0.1) is 16.8 Å². The van der Waals surface area contributed by atoms with E-state index >= 15 is 0 Å². The number of anilines is 1. The summed E-state index contributed by atoms with van der Waals surface area (Å²) in [6.07, 6.45) is 0.919. The second kappa shape index (κ2) is 8.67. The number of thioether (sulfide) groups is 1. The van der Waals surface area contributed by atoms with Crippen molar-refractivity contribution in [2.75, 3.05) is 10.8 Å². The summed E-state index contributed by atoms with van der Waals surface area (Å²) in [6, 6.07) is 12.4. The maximum atomic E-state index is 11.0. The molecule has 1 atom stereocenters. The first-order valence-electron chi connectivity index (χ1n) is 8.14. The van der Waals surface area contributed by atoms with E-state index in [9.17, 15) is 4.79 Å². The van der Waals surface area contributed by atoms with Crippen LogP contribution in [-0.4, -0.2) is 30.1 Å². The molecule has 0 amide bonds. The zero-order valence-electron chi connectivity index (χ0n) is 14.8. The number of guanidine groups is 1. The van der Waals surface area contributed by atoms with E-state index in [1.165, 1.54) is 22.7 Å². The number of rotatable bonds is 7. The van der Waals surface area contributed by atoms with Crippen molar-refractivity contribution in [2.45, 2.75) is 31.9 Å². The van der Waals surface area contributed by atoms with Gasteiger partial charge < -0.3 is 15.4 Å². The SMILES string of the molecule is C=N/N=C(/N)N(CSC(C)C=O)c1ccc(C(C)C)c2ccccc12. The molecule has 0 heterocycles. The molecule has 2 aromatic rings. The molecule has 0 aliphatic rings. The number of carbonyl (C=O) groups is 1. The molecule has 0 aromatic heterocycles. The van der Waals surface area contributed by atoms with E-state index in [4.69, 9.17) is 5.73 Å². The third-order valence-corrected chi connectivity index (χ3v) is 5.00. The highest BCUT2D eigenvalue weighted by atomic mass is 32.2. The second-order valence-corrected chi connectivity index (χ2v) is 7.37. The predicted octanol–water partition coefficient (Wildman–Crippen LogP) is 3.98. The fourth-order valence-corrected chi connectivity index (χ4v) is 3.40. The maximum Gasteiger partial charge on any atom is 0.221 e. The molecule has 2 aromatic carbocycles. The van der Waals surface area contributed by atoms with E-state index in [0.717, 1.165) is 17.4 Å². The van der Waals surface area contributed by atoms with Crippen molar-refractivity contribution in [3.05, 3.63) is 42.0 Å². The Morgan fingerprint density at radius 2 is 1.92 bits per heavy atom. The summed E-state index contributed by atoms with van der Waals surface area (Å²) in [5.41, 5.74) is 8.34. The van der Waals surface area contributed by atoms with Gasteiger partial charge in [0, 0.05) is 12.1 Å². The van der Waals surface area contributed by atoms with Crippen LogP contribution >= 0.6 is 11.8 Å². The van der Waals surface area contributed by atoms with Gasteiger partial charge in [0.25, 0.3) is 0 Å². The van der Waals surface area contributed by atoms with E-state index in [2.05, 4.69) is 55.0 Å². The topological polar surface area (TPSA) is 71.0 Å². The first kappa shape index (κ1) is 19.0. The second-order valence-electron chi connectivity index (χ2n) is 6.04. The largest absolute Gasteiger partial charge is 0.368 e. The standard InChI is InChI=1S/C19H24N4OS/c1-13(2)15-9-10-18(17-8-6-5-7-16(15)17)23(19(20)22-21-4)12-25-14(3)11-24/h5-11,13-14H,4,12H2,1-3H3,(H2,20,22). The lowest BCUT2D eigenvalue weighted by atomic mass is 9.95. The first-order valence-corrected chi connectivity index (χ1v) is 9.19. The zero-order valence-corrected chi connectivity index (χ0v) is 15.7. The van der Waals surface area contributed by atoms with Crippen LogP contribution in [0.1, 0.15) is 32.3 Å². The molecular weight excluding hydrogens is 332 g/mol. The number of nitrogens with zero attached hydrogens (tertiary/aromatic N) is 3. The van der Waals surface area contributed by atoms with Gasteiger partial charge in [0.2, 0.25) is 5.96 Å². The average Bonchev–Trinajstić information content (AvgIpc) is 2.61. The minimum absolute atomic E-state index is 0.131. The van der Waals surface area contributed by atoms with E-state index < -0.39 is 0 Å². The molecule has 2 N–H and O–H groups in total. The molecule has 1 unspecified atom stereocenters. The van der Waals surface area contributed by atoms with Gasteiger partial charge in [-0.3, -0.25) is 0 Å². The Morgan fingerprint density at radius 3 is 2.52 bits per heavy atom. The van der Waals surface area contributed by atoms with Gasteiger partial charge in [0.15, 0.2) is 0 Å². The van der Waals surface area contributed by atoms with Crippen LogP contribution in [0.15, 0.2) is 46.6 Å². The van der Waals surface area contributed by atoms with Gasteiger partial charge >= 0.3 is 0 Å². The Balaban J connectivity index is 2.56.